The van der Waals surface area contributed by atoms with Crippen LogP contribution < -0.4 is 15.5 Å². The second-order valence-corrected chi connectivity index (χ2v) is 16.4. The molecule has 5 rings (SSSR count). The lowest BCUT2D eigenvalue weighted by Gasteiger charge is -2.35. The molecule has 52 heavy (non-hydrogen) atoms. The van der Waals surface area contributed by atoms with Crippen LogP contribution in [0, 0.1) is 11.3 Å². The summed E-state index contributed by atoms with van der Waals surface area (Å²) >= 11 is 0. The van der Waals surface area contributed by atoms with Gasteiger partial charge in [0.1, 0.15) is 12.1 Å². The Morgan fingerprint density at radius 3 is 2.37 bits per heavy atom. The van der Waals surface area contributed by atoms with E-state index in [1.807, 2.05) is 72.8 Å². The molecule has 2 fully saturated rings. The minimum Gasteiger partial charge on any atom is -0.443 e. The van der Waals surface area contributed by atoms with Gasteiger partial charge in [-0.15, -0.1) is 0 Å². The summed E-state index contributed by atoms with van der Waals surface area (Å²) in [6.45, 7) is 6.04. The number of hydrazine groups is 1. The second kappa shape index (κ2) is 17.2. The van der Waals surface area contributed by atoms with Gasteiger partial charge in [-0.1, -0.05) is 81.4 Å². The number of carbonyl (C=O) groups is 2. The minimum absolute atomic E-state index is 0.0568. The van der Waals surface area contributed by atoms with E-state index in [1.54, 1.807) is 27.0 Å². The summed E-state index contributed by atoms with van der Waals surface area (Å²) in [7, 11) is -1.23. The zero-order valence-corrected chi connectivity index (χ0v) is 31.1. The fraction of sp³-hybridized carbons (Fsp3) is 0.486. The van der Waals surface area contributed by atoms with E-state index in [4.69, 9.17) is 14.2 Å². The number of hydrogen-bond acceptors (Lipinski definition) is 10. The normalized spacial score (nSPS) is 20.7. The largest absolute Gasteiger partial charge is 0.443 e. The van der Waals surface area contributed by atoms with Crippen molar-refractivity contribution in [3.8, 4) is 11.3 Å². The predicted molar refractivity (Wildman–Crippen MR) is 194 cm³/mol. The van der Waals surface area contributed by atoms with Crippen molar-refractivity contribution in [2.24, 2.45) is 11.3 Å². The maximum atomic E-state index is 13.9. The van der Waals surface area contributed by atoms with Crippen molar-refractivity contribution >= 4 is 22.2 Å². The number of fused-ring (bicyclic) bond motifs is 1. The quantitative estimate of drug-likeness (QED) is 0.170. The average Bonchev–Trinajstić information content (AvgIpc) is 3.73. The van der Waals surface area contributed by atoms with Crippen LogP contribution in [0.2, 0.25) is 0 Å². The van der Waals surface area contributed by atoms with Crippen LogP contribution in [0.1, 0.15) is 38.3 Å². The number of aliphatic hydroxyl groups is 1. The molecule has 4 N–H and O–H groups in total. The summed E-state index contributed by atoms with van der Waals surface area (Å²) in [6.07, 6.45) is -0.0835. The van der Waals surface area contributed by atoms with Crippen LogP contribution in [-0.2, 0) is 42.2 Å². The van der Waals surface area contributed by atoms with E-state index < -0.39 is 58.2 Å². The Morgan fingerprint density at radius 2 is 1.71 bits per heavy atom. The number of ether oxygens (including phenoxy) is 3. The fourth-order valence-electron chi connectivity index (χ4n) is 6.16. The zero-order chi connectivity index (χ0) is 37.5. The molecule has 0 aliphatic carbocycles. The minimum atomic E-state index is -3.98. The van der Waals surface area contributed by atoms with Crippen LogP contribution in [0.3, 0.4) is 0 Å². The molecule has 0 radical (unpaired) electrons. The highest BCUT2D eigenvalue weighted by atomic mass is 32.2. The lowest BCUT2D eigenvalue weighted by atomic mass is 9.87. The van der Waals surface area contributed by atoms with Gasteiger partial charge in [-0.3, -0.25) is 15.2 Å². The van der Waals surface area contributed by atoms with Gasteiger partial charge < -0.3 is 24.6 Å². The van der Waals surface area contributed by atoms with Crippen molar-refractivity contribution in [3.63, 3.8) is 0 Å². The topological polar surface area (TPSA) is 172 Å². The molecule has 0 spiro atoms. The molecule has 2 aliphatic heterocycles. The number of pyridine rings is 1. The molecule has 6 atom stereocenters. The molecule has 15 heteroatoms. The maximum Gasteiger partial charge on any atom is 0.407 e. The van der Waals surface area contributed by atoms with Crippen molar-refractivity contribution in [3.05, 3.63) is 90.1 Å². The van der Waals surface area contributed by atoms with Crippen molar-refractivity contribution in [2.45, 2.75) is 70.7 Å². The number of carbonyl (C=O) groups excluding carboxylic acids is 2. The number of nitrogens with zero attached hydrogens (tertiary/aromatic N) is 3. The smallest absolute Gasteiger partial charge is 0.407 e. The Hall–Kier alpha value is -3.96. The Morgan fingerprint density at radius 1 is 1.00 bits per heavy atom. The predicted octanol–water partition coefficient (Wildman–Crippen LogP) is 2.85. The number of alkyl carbamates (subject to hydrolysis) is 1. The number of nitrogens with one attached hydrogen (secondary N) is 3. The van der Waals surface area contributed by atoms with Crippen molar-refractivity contribution in [1.29, 1.82) is 0 Å². The van der Waals surface area contributed by atoms with Crippen LogP contribution >= 0.6 is 0 Å². The lowest BCUT2D eigenvalue weighted by Crippen LogP contribution is -2.60. The van der Waals surface area contributed by atoms with Crippen molar-refractivity contribution in [2.75, 3.05) is 33.9 Å². The molecular weight excluding hydrogens is 689 g/mol. The number of rotatable bonds is 15. The van der Waals surface area contributed by atoms with Gasteiger partial charge in [0, 0.05) is 38.9 Å². The Labute approximate surface area is 306 Å². The van der Waals surface area contributed by atoms with Gasteiger partial charge in [0.25, 0.3) is 16.1 Å². The Balaban J connectivity index is 1.38. The average molecular weight is 739 g/mol. The summed E-state index contributed by atoms with van der Waals surface area (Å²) in [5, 5.41) is 16.2. The van der Waals surface area contributed by atoms with Crippen LogP contribution in [0.15, 0.2) is 79.0 Å². The van der Waals surface area contributed by atoms with Gasteiger partial charge in [0.15, 0.2) is 6.29 Å². The standard InChI is InChI=1S/C37H50N6O8S/c1-37(2,3)33(41-52(47,48)42(4)5)34(45)40-43(22-26-14-16-27(17-15-26)29-13-9-10-19-38-29)23-31(44)30(21-25-11-7-6-8-12-25)39-36(46)51-32-24-50-35-28(32)18-20-49-35/h6-17,19,28,30-33,35,41,44H,18,20-24H2,1-5H3,(H,39,46)(H,40,45). The van der Waals surface area contributed by atoms with E-state index >= 15 is 0 Å². The number of hydrogen-bond donors (Lipinski definition) is 4. The zero-order valence-electron chi connectivity index (χ0n) is 30.3. The number of amides is 2. The van der Waals surface area contributed by atoms with Crippen LogP contribution in [0.4, 0.5) is 4.79 Å². The monoisotopic (exact) mass is 738 g/mol. The van der Waals surface area contributed by atoms with Crippen molar-refractivity contribution in [1.82, 2.24) is 29.8 Å². The van der Waals surface area contributed by atoms with Crippen LogP contribution in [-0.4, -0.2) is 104 Å². The molecule has 6 unspecified atom stereocenters. The molecule has 2 amide bonds. The van der Waals surface area contributed by atoms with Gasteiger partial charge in [0.05, 0.1) is 37.0 Å². The van der Waals surface area contributed by atoms with Crippen LogP contribution in [0.25, 0.3) is 11.3 Å². The summed E-state index contributed by atoms with van der Waals surface area (Å²) in [6, 6.07) is 20.7. The van der Waals surface area contributed by atoms with E-state index in [-0.39, 0.29) is 32.0 Å². The number of aliphatic hydroxyl groups excluding tert-OH is 1. The Kier molecular flexibility index (Phi) is 13.0. The van der Waals surface area contributed by atoms with Gasteiger partial charge in [-0.25, -0.2) is 9.80 Å². The molecule has 14 nitrogen and oxygen atoms in total. The van der Waals surface area contributed by atoms with E-state index in [0.29, 0.717) is 6.61 Å². The summed E-state index contributed by atoms with van der Waals surface area (Å²) in [5.74, 6) is -0.671. The van der Waals surface area contributed by atoms with Crippen molar-refractivity contribution < 1.29 is 37.3 Å². The molecular formula is C37H50N6O8S. The first-order valence-corrected chi connectivity index (χ1v) is 18.8. The molecule has 2 aromatic carbocycles. The molecule has 3 heterocycles. The number of aromatic nitrogens is 1. The van der Waals surface area contributed by atoms with E-state index in [9.17, 15) is 23.1 Å². The molecule has 0 saturated carbocycles. The first kappa shape index (κ1) is 39.3. The summed E-state index contributed by atoms with van der Waals surface area (Å²) in [4.78, 5) is 31.6. The molecule has 282 valence electrons. The maximum absolute atomic E-state index is 13.9. The first-order chi connectivity index (χ1) is 24.7. The summed E-state index contributed by atoms with van der Waals surface area (Å²) in [5.41, 5.74) is 5.42. The molecule has 3 aromatic rings. The Bertz CT molecular complexity index is 1720. The van der Waals surface area contributed by atoms with Crippen LogP contribution in [0.5, 0.6) is 0 Å². The third-order valence-corrected chi connectivity index (χ3v) is 10.6. The lowest BCUT2D eigenvalue weighted by molar-refractivity contribution is -0.131. The highest BCUT2D eigenvalue weighted by Gasteiger charge is 2.44. The van der Waals surface area contributed by atoms with Gasteiger partial charge in [0.2, 0.25) is 0 Å². The third kappa shape index (κ3) is 10.6. The van der Waals surface area contributed by atoms with E-state index in [0.717, 1.165) is 33.1 Å². The van der Waals surface area contributed by atoms with E-state index in [2.05, 4.69) is 20.4 Å². The molecule has 0 bridgehead atoms. The molecule has 2 saturated heterocycles. The highest BCUT2D eigenvalue weighted by Crippen LogP contribution is 2.33. The second-order valence-electron chi connectivity index (χ2n) is 14.4. The van der Waals surface area contributed by atoms with E-state index in [1.165, 1.54) is 19.1 Å². The SMILES string of the molecule is CN(C)S(=O)(=O)NC(C(=O)NN(Cc1ccc(-c2ccccn2)cc1)CC(O)C(Cc1ccccc1)NC(=O)OC1COC2OCCC12)C(C)(C)C. The highest BCUT2D eigenvalue weighted by molar-refractivity contribution is 7.87. The van der Waals surface area contributed by atoms with Gasteiger partial charge >= 0.3 is 6.09 Å². The fourth-order valence-corrected chi connectivity index (χ4v) is 7.13. The number of benzene rings is 2. The van der Waals surface area contributed by atoms with Gasteiger partial charge in [-0.2, -0.15) is 17.4 Å². The molecule has 2 aliphatic rings. The molecule has 1 aromatic heterocycles. The summed E-state index contributed by atoms with van der Waals surface area (Å²) < 4.78 is 46.2. The first-order valence-electron chi connectivity index (χ1n) is 17.4. The third-order valence-electron chi connectivity index (χ3n) is 9.15. The van der Waals surface area contributed by atoms with Gasteiger partial charge in [-0.05, 0) is 41.5 Å².